The molecule has 2 heterocycles. The van der Waals surface area contributed by atoms with Crippen molar-refractivity contribution in [2.24, 2.45) is 0 Å². The van der Waals surface area contributed by atoms with Crippen LogP contribution in [0.3, 0.4) is 0 Å². The summed E-state index contributed by atoms with van der Waals surface area (Å²) in [5, 5.41) is 4.17. The molecular formula is C11H14N5+. The lowest BCUT2D eigenvalue weighted by atomic mass is 10.2. The molecule has 0 atom stereocenters. The van der Waals surface area contributed by atoms with Gasteiger partial charge in [0.2, 0.25) is 0 Å². The standard InChI is InChI=1S/C11H13N5/c12-5-11-14-7-15-16(11)9-3-4-10(13-6-9)8-1-2-8/h3-4,6-8H,1-2,5,12H2/p+1. The van der Waals surface area contributed by atoms with Crippen LogP contribution in [0.5, 0.6) is 0 Å². The highest BCUT2D eigenvalue weighted by Crippen LogP contribution is 2.38. The van der Waals surface area contributed by atoms with Crippen LogP contribution >= 0.6 is 0 Å². The Labute approximate surface area is 93.3 Å². The van der Waals surface area contributed by atoms with Crippen LogP contribution in [0.1, 0.15) is 30.3 Å². The van der Waals surface area contributed by atoms with Gasteiger partial charge in [0.25, 0.3) is 0 Å². The van der Waals surface area contributed by atoms with E-state index in [1.807, 2.05) is 6.20 Å². The third kappa shape index (κ3) is 1.59. The summed E-state index contributed by atoms with van der Waals surface area (Å²) in [7, 11) is 0. The number of quaternary nitrogens is 1. The Hall–Kier alpha value is -1.75. The fraction of sp³-hybridized carbons (Fsp3) is 0.364. The molecule has 82 valence electrons. The van der Waals surface area contributed by atoms with Crippen molar-refractivity contribution in [3.8, 4) is 5.69 Å². The minimum absolute atomic E-state index is 0.629. The second-order valence-electron chi connectivity index (χ2n) is 4.05. The second kappa shape index (κ2) is 3.68. The predicted molar refractivity (Wildman–Crippen MR) is 57.7 cm³/mol. The Morgan fingerprint density at radius 3 is 2.81 bits per heavy atom. The zero-order valence-electron chi connectivity index (χ0n) is 9.00. The molecule has 2 aromatic heterocycles. The number of nitrogens with zero attached hydrogens (tertiary/aromatic N) is 4. The van der Waals surface area contributed by atoms with E-state index >= 15 is 0 Å². The second-order valence-corrected chi connectivity index (χ2v) is 4.05. The highest BCUT2D eigenvalue weighted by molar-refractivity contribution is 5.31. The highest BCUT2D eigenvalue weighted by atomic mass is 15.3. The van der Waals surface area contributed by atoms with Gasteiger partial charge in [-0.2, -0.15) is 5.10 Å². The molecule has 1 aliphatic rings. The van der Waals surface area contributed by atoms with Crippen molar-refractivity contribution in [1.29, 1.82) is 0 Å². The van der Waals surface area contributed by atoms with Crippen LogP contribution < -0.4 is 5.73 Å². The number of rotatable bonds is 3. The molecule has 0 aliphatic heterocycles. The Kier molecular flexibility index (Phi) is 2.18. The van der Waals surface area contributed by atoms with E-state index in [0.717, 1.165) is 11.5 Å². The van der Waals surface area contributed by atoms with Crippen LogP contribution in [0, 0.1) is 0 Å². The van der Waals surface area contributed by atoms with Gasteiger partial charge in [0.1, 0.15) is 12.9 Å². The van der Waals surface area contributed by atoms with Gasteiger partial charge in [-0.15, -0.1) is 0 Å². The van der Waals surface area contributed by atoms with E-state index in [9.17, 15) is 0 Å². The van der Waals surface area contributed by atoms with Crippen molar-refractivity contribution >= 4 is 0 Å². The van der Waals surface area contributed by atoms with Gasteiger partial charge >= 0.3 is 0 Å². The van der Waals surface area contributed by atoms with Crippen LogP contribution in [-0.4, -0.2) is 19.7 Å². The van der Waals surface area contributed by atoms with Gasteiger partial charge in [-0.1, -0.05) is 0 Å². The predicted octanol–water partition coefficient (Wildman–Crippen LogP) is 0.282. The molecule has 1 saturated carbocycles. The molecule has 2 aromatic rings. The lowest BCUT2D eigenvalue weighted by molar-refractivity contribution is -0.388. The molecule has 3 rings (SSSR count). The van der Waals surface area contributed by atoms with E-state index in [2.05, 4.69) is 32.9 Å². The number of pyridine rings is 1. The number of hydrogen-bond donors (Lipinski definition) is 1. The van der Waals surface area contributed by atoms with Crippen molar-refractivity contribution in [2.45, 2.75) is 25.3 Å². The van der Waals surface area contributed by atoms with Crippen LogP contribution in [0.4, 0.5) is 0 Å². The fourth-order valence-corrected chi connectivity index (χ4v) is 1.79. The van der Waals surface area contributed by atoms with Gasteiger partial charge in [-0.05, 0) is 25.0 Å². The average molecular weight is 216 g/mol. The summed E-state index contributed by atoms with van der Waals surface area (Å²) < 4.78 is 1.79. The summed E-state index contributed by atoms with van der Waals surface area (Å²) in [6.45, 7) is 0.629. The summed E-state index contributed by atoms with van der Waals surface area (Å²) in [4.78, 5) is 8.61. The van der Waals surface area contributed by atoms with Gasteiger partial charge in [-0.25, -0.2) is 9.67 Å². The summed E-state index contributed by atoms with van der Waals surface area (Å²) in [6, 6.07) is 4.13. The van der Waals surface area contributed by atoms with Crippen molar-refractivity contribution in [1.82, 2.24) is 19.7 Å². The zero-order valence-corrected chi connectivity index (χ0v) is 9.00. The van der Waals surface area contributed by atoms with Crippen LogP contribution in [-0.2, 0) is 6.54 Å². The fourth-order valence-electron chi connectivity index (χ4n) is 1.79. The molecule has 1 fully saturated rings. The van der Waals surface area contributed by atoms with E-state index in [1.54, 1.807) is 11.0 Å². The number of hydrogen-bond acceptors (Lipinski definition) is 3. The Balaban J connectivity index is 1.94. The topological polar surface area (TPSA) is 71.2 Å². The van der Waals surface area contributed by atoms with Crippen molar-refractivity contribution in [3.05, 3.63) is 36.2 Å². The van der Waals surface area contributed by atoms with E-state index in [-0.39, 0.29) is 0 Å². The quantitative estimate of drug-likeness (QED) is 0.801. The summed E-state index contributed by atoms with van der Waals surface area (Å²) >= 11 is 0. The minimum atomic E-state index is 0.629. The van der Waals surface area contributed by atoms with E-state index in [4.69, 9.17) is 0 Å². The van der Waals surface area contributed by atoms with Crippen LogP contribution in [0.25, 0.3) is 5.69 Å². The van der Waals surface area contributed by atoms with E-state index in [1.165, 1.54) is 18.5 Å². The lowest BCUT2D eigenvalue weighted by Crippen LogP contribution is -2.48. The molecule has 0 unspecified atom stereocenters. The molecule has 0 radical (unpaired) electrons. The maximum atomic E-state index is 4.46. The first-order chi connectivity index (χ1) is 7.88. The maximum Gasteiger partial charge on any atom is 0.186 e. The highest BCUT2D eigenvalue weighted by Gasteiger charge is 2.24. The molecule has 3 N–H and O–H groups in total. The summed E-state index contributed by atoms with van der Waals surface area (Å²) in [6.07, 6.45) is 5.97. The van der Waals surface area contributed by atoms with Gasteiger partial charge in [0.05, 0.1) is 11.9 Å². The average Bonchev–Trinajstić information content (AvgIpc) is 3.07. The lowest BCUT2D eigenvalue weighted by Gasteiger charge is -2.03. The normalized spacial score (nSPS) is 15.3. The van der Waals surface area contributed by atoms with Gasteiger partial charge < -0.3 is 5.73 Å². The molecule has 0 spiro atoms. The van der Waals surface area contributed by atoms with Gasteiger partial charge in [0.15, 0.2) is 5.82 Å². The first kappa shape index (κ1) is 9.47. The van der Waals surface area contributed by atoms with Crippen molar-refractivity contribution in [3.63, 3.8) is 0 Å². The van der Waals surface area contributed by atoms with E-state index in [0.29, 0.717) is 12.5 Å². The zero-order chi connectivity index (χ0) is 11.0. The first-order valence-electron chi connectivity index (χ1n) is 5.53. The number of aromatic nitrogens is 4. The molecule has 0 bridgehead atoms. The summed E-state index contributed by atoms with van der Waals surface area (Å²) in [5.41, 5.74) is 5.98. The van der Waals surface area contributed by atoms with Crippen LogP contribution in [0.2, 0.25) is 0 Å². The van der Waals surface area contributed by atoms with Crippen LogP contribution in [0.15, 0.2) is 24.7 Å². The van der Waals surface area contributed by atoms with Gasteiger partial charge in [-0.3, -0.25) is 4.98 Å². The van der Waals surface area contributed by atoms with Gasteiger partial charge in [0, 0.05) is 11.6 Å². The molecule has 5 heteroatoms. The maximum absolute atomic E-state index is 4.46. The third-order valence-corrected chi connectivity index (χ3v) is 2.85. The monoisotopic (exact) mass is 216 g/mol. The molecule has 0 saturated heterocycles. The molecule has 1 aliphatic carbocycles. The molecule has 0 amide bonds. The molecule has 5 nitrogen and oxygen atoms in total. The molecular weight excluding hydrogens is 202 g/mol. The van der Waals surface area contributed by atoms with Crippen molar-refractivity contribution in [2.75, 3.05) is 0 Å². The smallest absolute Gasteiger partial charge is 0.186 e. The molecule has 16 heavy (non-hydrogen) atoms. The third-order valence-electron chi connectivity index (χ3n) is 2.85. The SMILES string of the molecule is [NH3+]Cc1ncnn1-c1ccc(C2CC2)nc1. The van der Waals surface area contributed by atoms with Crippen molar-refractivity contribution < 1.29 is 5.73 Å². The largest absolute Gasteiger partial charge is 0.351 e. The Morgan fingerprint density at radius 2 is 2.19 bits per heavy atom. The summed E-state index contributed by atoms with van der Waals surface area (Å²) in [5.74, 6) is 1.55. The Bertz CT molecular complexity index is 483. The van der Waals surface area contributed by atoms with E-state index < -0.39 is 0 Å². The Morgan fingerprint density at radius 1 is 1.31 bits per heavy atom. The molecule has 0 aromatic carbocycles. The minimum Gasteiger partial charge on any atom is -0.351 e. The first-order valence-corrected chi connectivity index (χ1v) is 5.53.